The Balaban J connectivity index is 1.69. The number of hydrogen-bond acceptors (Lipinski definition) is 3. The number of amides is 1. The number of rotatable bonds is 3. The van der Waals surface area contributed by atoms with Gasteiger partial charge in [0.25, 0.3) is 5.91 Å². The molecule has 24 heavy (non-hydrogen) atoms. The van der Waals surface area contributed by atoms with E-state index >= 15 is 0 Å². The number of nitrogens with zero attached hydrogens (tertiary/aromatic N) is 2. The molecule has 1 amide bonds. The van der Waals surface area contributed by atoms with Crippen LogP contribution in [0.25, 0.3) is 0 Å². The smallest absolute Gasteiger partial charge is 0.259 e. The normalized spacial score (nSPS) is 14.0. The molecular formula is C17H13F3N2OS. The molecule has 0 radical (unpaired) electrons. The van der Waals surface area contributed by atoms with E-state index < -0.39 is 17.5 Å². The lowest BCUT2D eigenvalue weighted by molar-refractivity contribution is 0.0860. The minimum absolute atomic E-state index is 0.0749. The Hall–Kier alpha value is -2.28. The second kappa shape index (κ2) is 7.09. The molecule has 0 bridgehead atoms. The van der Waals surface area contributed by atoms with E-state index in [0.29, 0.717) is 24.0 Å². The van der Waals surface area contributed by atoms with Gasteiger partial charge in [0, 0.05) is 17.9 Å². The summed E-state index contributed by atoms with van der Waals surface area (Å²) in [6.45, 7) is 0.852. The van der Waals surface area contributed by atoms with Crippen molar-refractivity contribution >= 4 is 22.8 Å². The van der Waals surface area contributed by atoms with E-state index in [1.54, 1.807) is 12.1 Å². The number of carbonyl (C=O) groups is 1. The van der Waals surface area contributed by atoms with Crippen molar-refractivity contribution in [3.8, 4) is 0 Å². The van der Waals surface area contributed by atoms with Gasteiger partial charge in [0.05, 0.1) is 6.54 Å². The molecule has 0 unspecified atom stereocenters. The van der Waals surface area contributed by atoms with Gasteiger partial charge in [-0.3, -0.25) is 14.7 Å². The van der Waals surface area contributed by atoms with Gasteiger partial charge in [-0.05, 0) is 35.9 Å². The third kappa shape index (κ3) is 3.62. The second-order valence-corrected chi connectivity index (χ2v) is 6.11. The molecule has 1 heterocycles. The first-order chi connectivity index (χ1) is 11.5. The Morgan fingerprint density at radius 3 is 2.54 bits per heavy atom. The minimum Gasteiger partial charge on any atom is -0.286 e. The molecule has 2 aromatic carbocycles. The number of aliphatic imine (C=N–C) groups is 1. The zero-order valence-electron chi connectivity index (χ0n) is 12.5. The number of benzene rings is 2. The van der Waals surface area contributed by atoms with Crippen LogP contribution in [0.3, 0.4) is 0 Å². The summed E-state index contributed by atoms with van der Waals surface area (Å²) in [7, 11) is 0. The molecule has 1 aliphatic heterocycles. The molecule has 0 fully saturated rings. The van der Waals surface area contributed by atoms with Crippen LogP contribution in [0.15, 0.2) is 47.5 Å². The van der Waals surface area contributed by atoms with Gasteiger partial charge in [0.2, 0.25) is 0 Å². The fourth-order valence-corrected chi connectivity index (χ4v) is 3.25. The van der Waals surface area contributed by atoms with Gasteiger partial charge in [0.15, 0.2) is 16.8 Å². The number of thioether (sulfide) groups is 1. The van der Waals surface area contributed by atoms with E-state index in [9.17, 15) is 18.0 Å². The molecule has 1 aliphatic rings. The van der Waals surface area contributed by atoms with Crippen LogP contribution in [0.1, 0.15) is 15.9 Å². The Morgan fingerprint density at radius 1 is 1.08 bits per heavy atom. The van der Waals surface area contributed by atoms with Gasteiger partial charge < -0.3 is 0 Å². The van der Waals surface area contributed by atoms with Crippen LogP contribution in [-0.4, -0.2) is 29.1 Å². The molecule has 0 saturated heterocycles. The predicted octanol–water partition coefficient (Wildman–Crippen LogP) is 3.85. The minimum atomic E-state index is -1.06. The summed E-state index contributed by atoms with van der Waals surface area (Å²) >= 11 is 1.35. The lowest BCUT2D eigenvalue weighted by Gasteiger charge is -2.18. The van der Waals surface area contributed by atoms with Crippen LogP contribution in [0, 0.1) is 17.5 Å². The summed E-state index contributed by atoms with van der Waals surface area (Å²) in [5.74, 6) is -2.25. The first-order valence-electron chi connectivity index (χ1n) is 7.23. The predicted molar refractivity (Wildman–Crippen MR) is 87.4 cm³/mol. The third-order valence-corrected chi connectivity index (χ3v) is 4.58. The number of carbonyl (C=O) groups excluding carboxylic acids is 1. The van der Waals surface area contributed by atoms with Gasteiger partial charge in [0.1, 0.15) is 5.82 Å². The SMILES string of the molecule is O=C(c1ccc(F)c(F)c1)N1CCN=C1SCc1ccc(F)cc1. The molecule has 0 saturated carbocycles. The molecule has 0 atom stereocenters. The molecule has 0 spiro atoms. The Labute approximate surface area is 141 Å². The highest BCUT2D eigenvalue weighted by molar-refractivity contribution is 8.13. The fourth-order valence-electron chi connectivity index (χ4n) is 2.25. The fraction of sp³-hybridized carbons (Fsp3) is 0.176. The maximum Gasteiger partial charge on any atom is 0.259 e. The molecular weight excluding hydrogens is 337 g/mol. The van der Waals surface area contributed by atoms with E-state index in [1.165, 1.54) is 34.9 Å². The summed E-state index contributed by atoms with van der Waals surface area (Å²) in [4.78, 5) is 18.2. The van der Waals surface area contributed by atoms with Crippen molar-refractivity contribution in [2.75, 3.05) is 13.1 Å². The van der Waals surface area contributed by atoms with E-state index in [2.05, 4.69) is 4.99 Å². The maximum absolute atomic E-state index is 13.3. The zero-order valence-corrected chi connectivity index (χ0v) is 13.3. The van der Waals surface area contributed by atoms with E-state index in [4.69, 9.17) is 0 Å². The second-order valence-electron chi connectivity index (χ2n) is 5.17. The molecule has 0 aromatic heterocycles. The lowest BCUT2D eigenvalue weighted by Crippen LogP contribution is -2.33. The average molecular weight is 350 g/mol. The molecule has 2 aromatic rings. The molecule has 124 valence electrons. The number of halogens is 3. The summed E-state index contributed by atoms with van der Waals surface area (Å²) in [6.07, 6.45) is 0. The van der Waals surface area contributed by atoms with Crippen molar-refractivity contribution in [3.05, 3.63) is 71.0 Å². The van der Waals surface area contributed by atoms with Crippen molar-refractivity contribution in [3.63, 3.8) is 0 Å². The van der Waals surface area contributed by atoms with Gasteiger partial charge in [-0.15, -0.1) is 0 Å². The maximum atomic E-state index is 13.3. The van der Waals surface area contributed by atoms with Crippen LogP contribution >= 0.6 is 11.8 Å². The van der Waals surface area contributed by atoms with Crippen LogP contribution in [0.2, 0.25) is 0 Å². The third-order valence-electron chi connectivity index (χ3n) is 3.49. The average Bonchev–Trinajstić information content (AvgIpc) is 3.05. The van der Waals surface area contributed by atoms with Crippen molar-refractivity contribution in [1.29, 1.82) is 0 Å². The van der Waals surface area contributed by atoms with Crippen molar-refractivity contribution in [1.82, 2.24) is 4.90 Å². The monoisotopic (exact) mass is 350 g/mol. The molecule has 7 heteroatoms. The van der Waals surface area contributed by atoms with Gasteiger partial charge in [-0.25, -0.2) is 13.2 Å². The highest BCUT2D eigenvalue weighted by Gasteiger charge is 2.25. The van der Waals surface area contributed by atoms with Crippen LogP contribution < -0.4 is 0 Å². The Bertz CT molecular complexity index is 793. The summed E-state index contributed by atoms with van der Waals surface area (Å²) < 4.78 is 39.2. The number of amidine groups is 1. The van der Waals surface area contributed by atoms with Crippen LogP contribution in [0.5, 0.6) is 0 Å². The van der Waals surface area contributed by atoms with Crippen molar-refractivity contribution in [2.24, 2.45) is 4.99 Å². The quantitative estimate of drug-likeness (QED) is 0.842. The molecule has 3 nitrogen and oxygen atoms in total. The van der Waals surface area contributed by atoms with E-state index in [-0.39, 0.29) is 11.4 Å². The molecule has 0 aliphatic carbocycles. The Morgan fingerprint density at radius 2 is 1.83 bits per heavy atom. The van der Waals surface area contributed by atoms with Gasteiger partial charge in [-0.1, -0.05) is 23.9 Å². The molecule has 3 rings (SSSR count). The lowest BCUT2D eigenvalue weighted by atomic mass is 10.2. The van der Waals surface area contributed by atoms with Crippen LogP contribution in [0.4, 0.5) is 13.2 Å². The van der Waals surface area contributed by atoms with Crippen molar-refractivity contribution in [2.45, 2.75) is 5.75 Å². The van der Waals surface area contributed by atoms with E-state index in [1.807, 2.05) is 0 Å². The molecule has 0 N–H and O–H groups in total. The summed E-state index contributed by atoms with van der Waals surface area (Å²) in [6, 6.07) is 9.15. The largest absolute Gasteiger partial charge is 0.286 e. The first kappa shape index (κ1) is 16.6. The number of hydrogen-bond donors (Lipinski definition) is 0. The zero-order chi connectivity index (χ0) is 17.1. The van der Waals surface area contributed by atoms with Gasteiger partial charge in [-0.2, -0.15) is 0 Å². The van der Waals surface area contributed by atoms with Crippen molar-refractivity contribution < 1.29 is 18.0 Å². The topological polar surface area (TPSA) is 32.7 Å². The highest BCUT2D eigenvalue weighted by atomic mass is 32.2. The standard InChI is InChI=1S/C17H13F3N2OS/c18-13-4-1-11(2-5-13)10-24-17-21-7-8-22(17)16(23)12-3-6-14(19)15(20)9-12/h1-6,9H,7-8,10H2. The van der Waals surface area contributed by atoms with Gasteiger partial charge >= 0.3 is 0 Å². The Kier molecular flexibility index (Phi) is 4.89. The van der Waals surface area contributed by atoms with E-state index in [0.717, 1.165) is 17.7 Å². The summed E-state index contributed by atoms with van der Waals surface area (Å²) in [5.41, 5.74) is 0.974. The van der Waals surface area contributed by atoms with Crippen LogP contribution in [-0.2, 0) is 5.75 Å². The first-order valence-corrected chi connectivity index (χ1v) is 8.22. The highest BCUT2D eigenvalue weighted by Crippen LogP contribution is 2.22. The summed E-state index contributed by atoms with van der Waals surface area (Å²) in [5, 5.41) is 0.522.